The topological polar surface area (TPSA) is 12.0 Å². The molecule has 1 rings (SSSR count). The molecule has 2 unspecified atom stereocenters. The maximum atomic E-state index is 3.49. The summed E-state index contributed by atoms with van der Waals surface area (Å²) in [6.07, 6.45) is 5.63. The third kappa shape index (κ3) is 3.08. The van der Waals surface area contributed by atoms with Gasteiger partial charge in [0, 0.05) is 9.97 Å². The standard InChI is InChI=1S/C11H22IN/c1-4-9-5-6-10(8(2)12)11(7-9)13-3/h8-11,13H,4-7H2,1-3H3/t8-,9?,10?,11-/m0/s1. The third-order valence-corrected chi connectivity index (χ3v) is 4.47. The average Bonchev–Trinajstić information content (AvgIpc) is 2.16. The van der Waals surface area contributed by atoms with E-state index in [4.69, 9.17) is 0 Å². The Morgan fingerprint density at radius 1 is 1.46 bits per heavy atom. The summed E-state index contributed by atoms with van der Waals surface area (Å²) in [6, 6.07) is 0.769. The Hall–Kier alpha value is 0.690. The molecule has 0 aliphatic heterocycles. The summed E-state index contributed by atoms with van der Waals surface area (Å²) in [5.74, 6) is 1.87. The van der Waals surface area contributed by atoms with Crippen LogP contribution in [0.1, 0.15) is 39.5 Å². The van der Waals surface area contributed by atoms with Crippen LogP contribution in [-0.4, -0.2) is 17.0 Å². The number of nitrogens with one attached hydrogen (secondary N) is 1. The SMILES string of the molecule is CCC1CCC([C@H](C)I)[C@@H](NC)C1. The maximum Gasteiger partial charge on any atom is 0.0124 e. The molecule has 0 aromatic heterocycles. The van der Waals surface area contributed by atoms with E-state index in [1.165, 1.54) is 25.7 Å². The average molecular weight is 295 g/mol. The molecule has 0 saturated heterocycles. The summed E-state index contributed by atoms with van der Waals surface area (Å²) in [6.45, 7) is 4.67. The minimum Gasteiger partial charge on any atom is -0.317 e. The van der Waals surface area contributed by atoms with E-state index in [9.17, 15) is 0 Å². The smallest absolute Gasteiger partial charge is 0.0124 e. The first kappa shape index (κ1) is 11.8. The van der Waals surface area contributed by atoms with Crippen LogP contribution < -0.4 is 5.32 Å². The molecule has 0 bridgehead atoms. The van der Waals surface area contributed by atoms with Gasteiger partial charge in [0.05, 0.1) is 0 Å². The van der Waals surface area contributed by atoms with Crippen LogP contribution in [0.25, 0.3) is 0 Å². The molecule has 0 aromatic rings. The lowest BCUT2D eigenvalue weighted by Crippen LogP contribution is -2.42. The van der Waals surface area contributed by atoms with Gasteiger partial charge in [-0.1, -0.05) is 49.3 Å². The van der Waals surface area contributed by atoms with Crippen LogP contribution in [0.3, 0.4) is 0 Å². The van der Waals surface area contributed by atoms with Crippen LogP contribution in [0.15, 0.2) is 0 Å². The van der Waals surface area contributed by atoms with Crippen LogP contribution in [0, 0.1) is 11.8 Å². The monoisotopic (exact) mass is 295 g/mol. The summed E-state index contributed by atoms with van der Waals surface area (Å²) in [4.78, 5) is 0. The fourth-order valence-electron chi connectivity index (χ4n) is 2.53. The summed E-state index contributed by atoms with van der Waals surface area (Å²) >= 11 is 2.58. The molecule has 1 fully saturated rings. The predicted molar refractivity (Wildman–Crippen MR) is 67.5 cm³/mol. The Kier molecular flexibility index (Phi) is 5.01. The molecule has 0 spiro atoms. The molecular weight excluding hydrogens is 273 g/mol. The molecule has 0 radical (unpaired) electrons. The molecule has 78 valence electrons. The zero-order chi connectivity index (χ0) is 9.84. The zero-order valence-corrected chi connectivity index (χ0v) is 11.2. The van der Waals surface area contributed by atoms with Crippen molar-refractivity contribution in [2.45, 2.75) is 49.5 Å². The Morgan fingerprint density at radius 2 is 2.15 bits per heavy atom. The Morgan fingerprint density at radius 3 is 2.62 bits per heavy atom. The molecule has 1 saturated carbocycles. The second-order valence-electron chi connectivity index (χ2n) is 4.32. The van der Waals surface area contributed by atoms with E-state index < -0.39 is 0 Å². The molecule has 1 N–H and O–H groups in total. The lowest BCUT2D eigenvalue weighted by molar-refractivity contribution is 0.211. The van der Waals surface area contributed by atoms with Crippen molar-refractivity contribution < 1.29 is 0 Å². The van der Waals surface area contributed by atoms with Gasteiger partial charge in [0.25, 0.3) is 0 Å². The van der Waals surface area contributed by atoms with E-state index in [2.05, 4.69) is 48.8 Å². The highest BCUT2D eigenvalue weighted by Gasteiger charge is 2.30. The molecule has 1 aliphatic carbocycles. The van der Waals surface area contributed by atoms with Gasteiger partial charge in [-0.3, -0.25) is 0 Å². The summed E-state index contributed by atoms with van der Waals surface area (Å²) in [7, 11) is 2.12. The first-order chi connectivity index (χ1) is 6.19. The fourth-order valence-corrected chi connectivity index (χ4v) is 3.39. The van der Waals surface area contributed by atoms with Crippen molar-refractivity contribution in [1.29, 1.82) is 0 Å². The van der Waals surface area contributed by atoms with E-state index in [0.717, 1.165) is 21.8 Å². The second kappa shape index (κ2) is 5.54. The predicted octanol–water partition coefficient (Wildman–Crippen LogP) is 3.22. The summed E-state index contributed by atoms with van der Waals surface area (Å²) in [5, 5.41) is 3.49. The minimum absolute atomic E-state index is 0.769. The van der Waals surface area contributed by atoms with Gasteiger partial charge in [0.15, 0.2) is 0 Å². The van der Waals surface area contributed by atoms with Gasteiger partial charge in [0.2, 0.25) is 0 Å². The molecule has 2 heteroatoms. The quantitative estimate of drug-likeness (QED) is 0.622. The third-order valence-electron chi connectivity index (χ3n) is 3.55. The first-order valence-electron chi connectivity index (χ1n) is 5.50. The van der Waals surface area contributed by atoms with Gasteiger partial charge in [-0.25, -0.2) is 0 Å². The molecule has 13 heavy (non-hydrogen) atoms. The first-order valence-corrected chi connectivity index (χ1v) is 6.74. The van der Waals surface area contributed by atoms with Crippen molar-refractivity contribution in [1.82, 2.24) is 5.32 Å². The van der Waals surface area contributed by atoms with Gasteiger partial charge < -0.3 is 5.32 Å². The number of alkyl halides is 1. The lowest BCUT2D eigenvalue weighted by atomic mass is 9.76. The van der Waals surface area contributed by atoms with Gasteiger partial charge in [-0.15, -0.1) is 0 Å². The van der Waals surface area contributed by atoms with Crippen LogP contribution in [0.2, 0.25) is 0 Å². The zero-order valence-electron chi connectivity index (χ0n) is 9.02. The molecule has 0 aromatic carbocycles. The van der Waals surface area contributed by atoms with Crippen molar-refractivity contribution in [2.75, 3.05) is 7.05 Å². The van der Waals surface area contributed by atoms with E-state index in [0.29, 0.717) is 0 Å². The van der Waals surface area contributed by atoms with Crippen LogP contribution in [0.4, 0.5) is 0 Å². The van der Waals surface area contributed by atoms with E-state index >= 15 is 0 Å². The highest BCUT2D eigenvalue weighted by atomic mass is 127. The normalized spacial score (nSPS) is 37.4. The van der Waals surface area contributed by atoms with Gasteiger partial charge in [0.1, 0.15) is 0 Å². The molecule has 0 heterocycles. The molecule has 1 nitrogen and oxygen atoms in total. The van der Waals surface area contributed by atoms with Crippen molar-refractivity contribution in [3.05, 3.63) is 0 Å². The molecule has 0 amide bonds. The van der Waals surface area contributed by atoms with Crippen molar-refractivity contribution in [2.24, 2.45) is 11.8 Å². The number of hydrogen-bond donors (Lipinski definition) is 1. The van der Waals surface area contributed by atoms with E-state index in [1.54, 1.807) is 0 Å². The van der Waals surface area contributed by atoms with Gasteiger partial charge >= 0.3 is 0 Å². The van der Waals surface area contributed by atoms with E-state index in [-0.39, 0.29) is 0 Å². The largest absolute Gasteiger partial charge is 0.317 e. The highest BCUT2D eigenvalue weighted by molar-refractivity contribution is 14.1. The van der Waals surface area contributed by atoms with Crippen molar-refractivity contribution >= 4 is 22.6 Å². The second-order valence-corrected chi connectivity index (χ2v) is 6.29. The molecule has 4 atom stereocenters. The van der Waals surface area contributed by atoms with Crippen LogP contribution >= 0.6 is 22.6 Å². The van der Waals surface area contributed by atoms with Gasteiger partial charge in [-0.2, -0.15) is 0 Å². The lowest BCUT2D eigenvalue weighted by Gasteiger charge is -2.37. The van der Waals surface area contributed by atoms with Gasteiger partial charge in [-0.05, 0) is 31.7 Å². The Labute approximate surface area is 96.2 Å². The maximum absolute atomic E-state index is 3.49. The Bertz CT molecular complexity index is 147. The van der Waals surface area contributed by atoms with Crippen LogP contribution in [0.5, 0.6) is 0 Å². The summed E-state index contributed by atoms with van der Waals surface area (Å²) in [5.41, 5.74) is 0. The Balaban J connectivity index is 2.50. The molecule has 1 aliphatic rings. The fraction of sp³-hybridized carbons (Fsp3) is 1.00. The summed E-state index contributed by atoms with van der Waals surface area (Å²) < 4.78 is 0.813. The molecular formula is C11H22IN. The van der Waals surface area contributed by atoms with Crippen molar-refractivity contribution in [3.8, 4) is 0 Å². The number of rotatable bonds is 3. The highest BCUT2D eigenvalue weighted by Crippen LogP contribution is 2.34. The van der Waals surface area contributed by atoms with Crippen molar-refractivity contribution in [3.63, 3.8) is 0 Å². The number of hydrogen-bond acceptors (Lipinski definition) is 1. The number of halogens is 1. The minimum atomic E-state index is 0.769. The van der Waals surface area contributed by atoms with Crippen LogP contribution in [-0.2, 0) is 0 Å². The van der Waals surface area contributed by atoms with E-state index in [1.807, 2.05) is 0 Å².